The number of halogens is 3. The van der Waals surface area contributed by atoms with Crippen molar-refractivity contribution in [3.63, 3.8) is 0 Å². The van der Waals surface area contributed by atoms with Gasteiger partial charge in [0.1, 0.15) is 22.4 Å². The molecule has 0 unspecified atom stereocenters. The van der Waals surface area contributed by atoms with Crippen LogP contribution in [0, 0.1) is 17.5 Å². The van der Waals surface area contributed by atoms with E-state index in [9.17, 15) is 13.2 Å². The van der Waals surface area contributed by atoms with Gasteiger partial charge in [0, 0.05) is 17.8 Å². The van der Waals surface area contributed by atoms with E-state index >= 15 is 0 Å². The summed E-state index contributed by atoms with van der Waals surface area (Å²) in [5, 5.41) is 2.81. The van der Waals surface area contributed by atoms with Gasteiger partial charge in [-0.2, -0.15) is 0 Å². The summed E-state index contributed by atoms with van der Waals surface area (Å²) in [6, 6.07) is 7.40. The summed E-state index contributed by atoms with van der Waals surface area (Å²) < 4.78 is 40.2. The van der Waals surface area contributed by atoms with Crippen LogP contribution in [-0.4, -0.2) is 4.99 Å². The lowest BCUT2D eigenvalue weighted by atomic mass is 10.1. The van der Waals surface area contributed by atoms with E-state index < -0.39 is 17.5 Å². The summed E-state index contributed by atoms with van der Waals surface area (Å²) in [7, 11) is 0. The third kappa shape index (κ3) is 3.08. The molecule has 0 aromatic heterocycles. The average Bonchev–Trinajstić information content (AvgIpc) is 2.39. The first-order chi connectivity index (χ1) is 9.49. The largest absolute Gasteiger partial charge is 0.389 e. The van der Waals surface area contributed by atoms with Gasteiger partial charge in [0.25, 0.3) is 0 Å². The van der Waals surface area contributed by atoms with Crippen molar-refractivity contribution in [1.29, 1.82) is 0 Å². The quantitative estimate of drug-likeness (QED) is 0.850. The van der Waals surface area contributed by atoms with Crippen LogP contribution in [0.2, 0.25) is 0 Å². The first kappa shape index (κ1) is 14.3. The molecule has 0 bridgehead atoms. The minimum Gasteiger partial charge on any atom is -0.389 e. The number of nitrogens with two attached hydrogens (primary N) is 1. The SMILES string of the molecule is NC(=S)c1c(F)cccc1NCc1cc(F)ccc1F. The van der Waals surface area contributed by atoms with Gasteiger partial charge in [-0.25, -0.2) is 13.2 Å². The van der Waals surface area contributed by atoms with Crippen molar-refractivity contribution in [2.24, 2.45) is 5.73 Å². The van der Waals surface area contributed by atoms with Crippen LogP contribution < -0.4 is 11.1 Å². The third-order valence-corrected chi connectivity index (χ3v) is 2.94. The van der Waals surface area contributed by atoms with E-state index in [1.165, 1.54) is 12.1 Å². The number of rotatable bonds is 4. The van der Waals surface area contributed by atoms with Gasteiger partial charge in [-0.3, -0.25) is 0 Å². The molecule has 0 fully saturated rings. The summed E-state index contributed by atoms with van der Waals surface area (Å²) in [5.41, 5.74) is 5.97. The van der Waals surface area contributed by atoms with Gasteiger partial charge < -0.3 is 11.1 Å². The Labute approximate surface area is 119 Å². The van der Waals surface area contributed by atoms with Gasteiger partial charge in [0.15, 0.2) is 0 Å². The van der Waals surface area contributed by atoms with Crippen LogP contribution in [0.5, 0.6) is 0 Å². The number of nitrogens with one attached hydrogen (secondary N) is 1. The zero-order chi connectivity index (χ0) is 14.7. The van der Waals surface area contributed by atoms with Crippen molar-refractivity contribution in [3.8, 4) is 0 Å². The van der Waals surface area contributed by atoms with Crippen LogP contribution in [0.25, 0.3) is 0 Å². The zero-order valence-electron chi connectivity index (χ0n) is 10.3. The second-order valence-electron chi connectivity index (χ2n) is 4.12. The van der Waals surface area contributed by atoms with Crippen molar-refractivity contribution < 1.29 is 13.2 Å². The molecule has 0 atom stereocenters. The Hall–Kier alpha value is -2.08. The normalized spacial score (nSPS) is 10.3. The van der Waals surface area contributed by atoms with Gasteiger partial charge in [-0.1, -0.05) is 18.3 Å². The Balaban J connectivity index is 2.25. The Morgan fingerprint density at radius 3 is 2.55 bits per heavy atom. The summed E-state index contributed by atoms with van der Waals surface area (Å²) in [4.78, 5) is -0.106. The Morgan fingerprint density at radius 1 is 1.10 bits per heavy atom. The molecule has 2 aromatic carbocycles. The minimum atomic E-state index is -0.567. The summed E-state index contributed by atoms with van der Waals surface area (Å²) in [6.45, 7) is -0.0113. The van der Waals surface area contributed by atoms with Crippen molar-refractivity contribution in [2.75, 3.05) is 5.32 Å². The molecule has 2 nitrogen and oxygen atoms in total. The maximum absolute atomic E-state index is 13.6. The van der Waals surface area contributed by atoms with Gasteiger partial charge in [0.05, 0.1) is 5.56 Å². The topological polar surface area (TPSA) is 38.0 Å². The predicted octanol–water partition coefficient (Wildman–Crippen LogP) is 3.35. The Bertz CT molecular complexity index is 659. The predicted molar refractivity (Wildman–Crippen MR) is 76.0 cm³/mol. The van der Waals surface area contributed by atoms with E-state index in [0.29, 0.717) is 5.69 Å². The van der Waals surface area contributed by atoms with E-state index in [1.54, 1.807) is 6.07 Å². The number of thiocarbonyl (C=S) groups is 1. The Kier molecular flexibility index (Phi) is 4.24. The lowest BCUT2D eigenvalue weighted by Crippen LogP contribution is -2.15. The molecular formula is C14H11F3N2S. The monoisotopic (exact) mass is 296 g/mol. The molecule has 6 heteroatoms. The fourth-order valence-corrected chi connectivity index (χ4v) is 2.00. The molecule has 0 saturated carbocycles. The molecule has 104 valence electrons. The summed E-state index contributed by atoms with van der Waals surface area (Å²) in [6.07, 6.45) is 0. The molecule has 0 amide bonds. The van der Waals surface area contributed by atoms with E-state index in [-0.39, 0.29) is 22.7 Å². The van der Waals surface area contributed by atoms with Crippen LogP contribution in [-0.2, 0) is 6.54 Å². The van der Waals surface area contributed by atoms with Crippen LogP contribution in [0.15, 0.2) is 36.4 Å². The van der Waals surface area contributed by atoms with Crippen molar-refractivity contribution in [1.82, 2.24) is 0 Å². The van der Waals surface area contributed by atoms with Crippen LogP contribution in [0.1, 0.15) is 11.1 Å². The Morgan fingerprint density at radius 2 is 1.85 bits per heavy atom. The second kappa shape index (κ2) is 5.92. The lowest BCUT2D eigenvalue weighted by molar-refractivity contribution is 0.587. The van der Waals surface area contributed by atoms with E-state index in [4.69, 9.17) is 18.0 Å². The van der Waals surface area contributed by atoms with Gasteiger partial charge in [0.2, 0.25) is 0 Å². The van der Waals surface area contributed by atoms with Crippen LogP contribution >= 0.6 is 12.2 Å². The summed E-state index contributed by atoms with van der Waals surface area (Å²) >= 11 is 4.78. The lowest BCUT2D eigenvalue weighted by Gasteiger charge is -2.12. The highest BCUT2D eigenvalue weighted by atomic mass is 32.1. The van der Waals surface area contributed by atoms with Crippen molar-refractivity contribution in [2.45, 2.75) is 6.54 Å². The van der Waals surface area contributed by atoms with Gasteiger partial charge in [-0.15, -0.1) is 0 Å². The molecule has 0 spiro atoms. The maximum Gasteiger partial charge on any atom is 0.135 e. The van der Waals surface area contributed by atoms with Gasteiger partial charge >= 0.3 is 0 Å². The van der Waals surface area contributed by atoms with Crippen molar-refractivity contribution in [3.05, 3.63) is 65.0 Å². The van der Waals surface area contributed by atoms with Crippen LogP contribution in [0.4, 0.5) is 18.9 Å². The number of hydrogen-bond donors (Lipinski definition) is 2. The molecular weight excluding hydrogens is 285 g/mol. The fraction of sp³-hybridized carbons (Fsp3) is 0.0714. The molecule has 2 aromatic rings. The molecule has 20 heavy (non-hydrogen) atoms. The summed E-state index contributed by atoms with van der Waals surface area (Å²) in [5.74, 6) is -1.66. The first-order valence-corrected chi connectivity index (χ1v) is 6.16. The smallest absolute Gasteiger partial charge is 0.135 e. The highest BCUT2D eigenvalue weighted by Crippen LogP contribution is 2.20. The molecule has 2 rings (SSSR count). The van der Waals surface area contributed by atoms with Crippen LogP contribution in [0.3, 0.4) is 0 Å². The molecule has 0 heterocycles. The second-order valence-corrected chi connectivity index (χ2v) is 4.56. The highest BCUT2D eigenvalue weighted by Gasteiger charge is 2.11. The van der Waals surface area contributed by atoms with Gasteiger partial charge in [-0.05, 0) is 30.3 Å². The highest BCUT2D eigenvalue weighted by molar-refractivity contribution is 7.80. The maximum atomic E-state index is 13.6. The number of hydrogen-bond acceptors (Lipinski definition) is 2. The molecule has 0 aliphatic heterocycles. The molecule has 0 aliphatic rings. The standard InChI is InChI=1S/C14H11F3N2S/c15-9-4-5-10(16)8(6-9)7-19-12-3-1-2-11(17)13(12)14(18)20/h1-6,19H,7H2,(H2,18,20). The zero-order valence-corrected chi connectivity index (χ0v) is 11.1. The average molecular weight is 296 g/mol. The molecule has 3 N–H and O–H groups in total. The first-order valence-electron chi connectivity index (χ1n) is 5.75. The number of benzene rings is 2. The molecule has 0 aliphatic carbocycles. The fourth-order valence-electron chi connectivity index (χ4n) is 1.79. The third-order valence-electron chi connectivity index (χ3n) is 2.74. The molecule has 0 radical (unpaired) electrons. The van der Waals surface area contributed by atoms with E-state index in [2.05, 4.69) is 5.32 Å². The number of anilines is 1. The minimum absolute atomic E-state index is 0.0113. The molecule has 0 saturated heterocycles. The van der Waals surface area contributed by atoms with E-state index in [0.717, 1.165) is 18.2 Å². The van der Waals surface area contributed by atoms with Crippen molar-refractivity contribution >= 4 is 22.9 Å². The van der Waals surface area contributed by atoms with E-state index in [1.807, 2.05) is 0 Å².